The van der Waals surface area contributed by atoms with Gasteiger partial charge in [0.25, 0.3) is 5.91 Å². The molecule has 1 heterocycles. The third-order valence-electron chi connectivity index (χ3n) is 3.75. The Morgan fingerprint density at radius 2 is 1.91 bits per heavy atom. The summed E-state index contributed by atoms with van der Waals surface area (Å²) in [6.45, 7) is 3.46. The van der Waals surface area contributed by atoms with Crippen LogP contribution < -0.4 is 5.32 Å². The fraction of sp³-hybridized carbons (Fsp3) is 0.333. The maximum atomic E-state index is 12.4. The molecule has 1 aliphatic rings. The molecule has 1 aromatic carbocycles. The Labute approximate surface area is 134 Å². The van der Waals surface area contributed by atoms with Gasteiger partial charge in [-0.3, -0.25) is 4.79 Å². The van der Waals surface area contributed by atoms with Crippen molar-refractivity contribution < 1.29 is 18.7 Å². The van der Waals surface area contributed by atoms with Crippen LogP contribution in [0.3, 0.4) is 0 Å². The number of rotatable bonds is 5. The smallest absolute Gasteiger partial charge is 0.342 e. The molecule has 1 saturated carbocycles. The molecule has 120 valence electrons. The number of hydrogen-bond donors (Lipinski definition) is 1. The minimum Gasteiger partial charge on any atom is -0.466 e. The van der Waals surface area contributed by atoms with Gasteiger partial charge in [0.15, 0.2) is 0 Å². The van der Waals surface area contributed by atoms with Gasteiger partial charge in [-0.05, 0) is 32.8 Å². The Morgan fingerprint density at radius 1 is 1.22 bits per heavy atom. The lowest BCUT2D eigenvalue weighted by atomic mass is 10.1. The normalized spacial score (nSPS) is 15.0. The van der Waals surface area contributed by atoms with Gasteiger partial charge in [-0.25, -0.2) is 4.79 Å². The maximum Gasteiger partial charge on any atom is 0.342 e. The second-order valence-corrected chi connectivity index (χ2v) is 5.81. The molecule has 0 radical (unpaired) electrons. The molecular formula is C18H19NO4. The first-order valence-electron chi connectivity index (χ1n) is 7.68. The largest absolute Gasteiger partial charge is 0.466 e. The lowest BCUT2D eigenvalue weighted by molar-refractivity contribution is -0.130. The Balaban J connectivity index is 1.81. The quantitative estimate of drug-likeness (QED) is 0.861. The van der Waals surface area contributed by atoms with E-state index in [9.17, 15) is 9.59 Å². The second kappa shape index (κ2) is 6.28. The molecule has 1 atom stereocenters. The van der Waals surface area contributed by atoms with Crippen LogP contribution >= 0.6 is 0 Å². The first-order valence-corrected chi connectivity index (χ1v) is 7.68. The summed E-state index contributed by atoms with van der Waals surface area (Å²) in [6, 6.07) is 10.9. The third kappa shape index (κ3) is 3.62. The molecule has 1 aromatic heterocycles. The van der Waals surface area contributed by atoms with Crippen molar-refractivity contribution >= 4 is 11.9 Å². The summed E-state index contributed by atoms with van der Waals surface area (Å²) in [5, 5.41) is 2.89. The maximum absolute atomic E-state index is 12.4. The highest BCUT2D eigenvalue weighted by Crippen LogP contribution is 2.25. The molecule has 0 spiro atoms. The topological polar surface area (TPSA) is 68.5 Å². The van der Waals surface area contributed by atoms with Gasteiger partial charge in [0.1, 0.15) is 17.1 Å². The zero-order valence-electron chi connectivity index (χ0n) is 13.2. The standard InChI is InChI=1S/C18H19NO4/c1-11-10-15(12(2)22-11)18(21)23-16(13-6-4-3-5-7-13)17(20)19-14-8-9-14/h3-7,10,14,16H,8-9H2,1-2H3,(H,19,20). The van der Waals surface area contributed by atoms with E-state index in [1.54, 1.807) is 32.0 Å². The van der Waals surface area contributed by atoms with Crippen LogP contribution in [-0.4, -0.2) is 17.9 Å². The summed E-state index contributed by atoms with van der Waals surface area (Å²) >= 11 is 0. The van der Waals surface area contributed by atoms with Gasteiger partial charge in [0, 0.05) is 11.6 Å². The van der Waals surface area contributed by atoms with Gasteiger partial charge in [-0.15, -0.1) is 0 Å². The number of nitrogens with one attached hydrogen (secondary N) is 1. The average molecular weight is 313 g/mol. The zero-order valence-corrected chi connectivity index (χ0v) is 13.2. The Kier molecular flexibility index (Phi) is 4.19. The number of carbonyl (C=O) groups excluding carboxylic acids is 2. The van der Waals surface area contributed by atoms with Crippen LogP contribution in [0, 0.1) is 13.8 Å². The molecule has 1 amide bonds. The van der Waals surface area contributed by atoms with Gasteiger partial charge in [0.05, 0.1) is 0 Å². The molecule has 5 nitrogen and oxygen atoms in total. The summed E-state index contributed by atoms with van der Waals surface area (Å²) in [6.07, 6.45) is 0.988. The minimum absolute atomic E-state index is 0.199. The molecule has 1 N–H and O–H groups in total. The van der Waals surface area contributed by atoms with Crippen LogP contribution in [0.1, 0.15) is 46.4 Å². The highest BCUT2D eigenvalue weighted by Gasteiger charge is 2.31. The molecule has 1 fully saturated rings. The van der Waals surface area contributed by atoms with Crippen molar-refractivity contribution in [2.75, 3.05) is 0 Å². The average Bonchev–Trinajstić information content (AvgIpc) is 3.27. The van der Waals surface area contributed by atoms with E-state index in [2.05, 4.69) is 5.32 Å². The highest BCUT2D eigenvalue weighted by molar-refractivity contribution is 5.93. The van der Waals surface area contributed by atoms with Gasteiger partial charge in [-0.2, -0.15) is 0 Å². The Hall–Kier alpha value is -2.56. The molecule has 0 bridgehead atoms. The third-order valence-corrected chi connectivity index (χ3v) is 3.75. The molecule has 0 saturated heterocycles. The van der Waals surface area contributed by atoms with E-state index in [1.165, 1.54) is 0 Å². The van der Waals surface area contributed by atoms with Crippen molar-refractivity contribution in [2.24, 2.45) is 0 Å². The van der Waals surface area contributed by atoms with Crippen LogP contribution in [-0.2, 0) is 9.53 Å². The van der Waals surface area contributed by atoms with Crippen molar-refractivity contribution in [3.63, 3.8) is 0 Å². The zero-order chi connectivity index (χ0) is 16.4. The van der Waals surface area contributed by atoms with Crippen molar-refractivity contribution in [3.05, 3.63) is 59.0 Å². The predicted molar refractivity (Wildman–Crippen MR) is 83.9 cm³/mol. The van der Waals surface area contributed by atoms with E-state index in [0.29, 0.717) is 22.6 Å². The van der Waals surface area contributed by atoms with Crippen molar-refractivity contribution in [2.45, 2.75) is 38.8 Å². The second-order valence-electron chi connectivity index (χ2n) is 5.81. The van der Waals surface area contributed by atoms with E-state index in [0.717, 1.165) is 12.8 Å². The SMILES string of the molecule is Cc1cc(C(=O)OC(C(=O)NC2CC2)c2ccccc2)c(C)o1. The first-order chi connectivity index (χ1) is 11.0. The molecule has 1 unspecified atom stereocenters. The number of carbonyl (C=O) groups is 2. The number of ether oxygens (including phenoxy) is 1. The van der Waals surface area contributed by atoms with E-state index in [-0.39, 0.29) is 11.9 Å². The van der Waals surface area contributed by atoms with Crippen LogP contribution in [0.4, 0.5) is 0 Å². The van der Waals surface area contributed by atoms with E-state index in [1.807, 2.05) is 18.2 Å². The van der Waals surface area contributed by atoms with Crippen LogP contribution in [0.25, 0.3) is 0 Å². The van der Waals surface area contributed by atoms with E-state index >= 15 is 0 Å². The summed E-state index contributed by atoms with van der Waals surface area (Å²) in [5.41, 5.74) is 1.000. The fourth-order valence-corrected chi connectivity index (χ4v) is 2.41. The molecule has 5 heteroatoms. The Morgan fingerprint density at radius 3 is 2.48 bits per heavy atom. The van der Waals surface area contributed by atoms with Crippen LogP contribution in [0.5, 0.6) is 0 Å². The number of benzene rings is 1. The summed E-state index contributed by atoms with van der Waals surface area (Å²) < 4.78 is 10.9. The molecule has 1 aliphatic carbocycles. The van der Waals surface area contributed by atoms with Gasteiger partial charge in [-0.1, -0.05) is 30.3 Å². The number of furan rings is 1. The summed E-state index contributed by atoms with van der Waals surface area (Å²) in [4.78, 5) is 24.8. The predicted octanol–water partition coefficient (Wildman–Crippen LogP) is 3.07. The lowest BCUT2D eigenvalue weighted by Crippen LogP contribution is -2.33. The van der Waals surface area contributed by atoms with Crippen molar-refractivity contribution in [3.8, 4) is 0 Å². The van der Waals surface area contributed by atoms with Crippen molar-refractivity contribution in [1.82, 2.24) is 5.32 Å². The van der Waals surface area contributed by atoms with Crippen LogP contribution in [0.2, 0.25) is 0 Å². The number of amides is 1. The Bertz CT molecular complexity index is 716. The molecule has 0 aliphatic heterocycles. The number of esters is 1. The van der Waals surface area contributed by atoms with Gasteiger partial charge in [0.2, 0.25) is 6.10 Å². The molecule has 3 rings (SSSR count). The number of hydrogen-bond acceptors (Lipinski definition) is 4. The molecule has 23 heavy (non-hydrogen) atoms. The van der Waals surface area contributed by atoms with Gasteiger partial charge < -0.3 is 14.5 Å². The summed E-state index contributed by atoms with van der Waals surface area (Å²) in [7, 11) is 0. The van der Waals surface area contributed by atoms with E-state index < -0.39 is 12.1 Å². The van der Waals surface area contributed by atoms with E-state index in [4.69, 9.17) is 9.15 Å². The monoisotopic (exact) mass is 313 g/mol. The molecule has 2 aromatic rings. The number of aryl methyl sites for hydroxylation is 2. The van der Waals surface area contributed by atoms with Gasteiger partial charge >= 0.3 is 5.97 Å². The van der Waals surface area contributed by atoms with Crippen LogP contribution in [0.15, 0.2) is 40.8 Å². The fourth-order valence-electron chi connectivity index (χ4n) is 2.41. The lowest BCUT2D eigenvalue weighted by Gasteiger charge is -2.17. The minimum atomic E-state index is -0.959. The highest BCUT2D eigenvalue weighted by atomic mass is 16.5. The molecular weight excluding hydrogens is 294 g/mol. The summed E-state index contributed by atoms with van der Waals surface area (Å²) in [5.74, 6) is 0.277. The first kappa shape index (κ1) is 15.3. The van der Waals surface area contributed by atoms with Crippen molar-refractivity contribution in [1.29, 1.82) is 0 Å².